The first-order valence-corrected chi connectivity index (χ1v) is 6.77. The molecule has 21 heavy (non-hydrogen) atoms. The van der Waals surface area contributed by atoms with Crippen molar-refractivity contribution in [1.82, 2.24) is 0 Å². The van der Waals surface area contributed by atoms with Crippen LogP contribution in [0.4, 0.5) is 11.4 Å². The lowest BCUT2D eigenvalue weighted by Crippen LogP contribution is -2.20. The molecule has 2 aromatic carbocycles. The van der Waals surface area contributed by atoms with Gasteiger partial charge in [-0.15, -0.1) is 0 Å². The molecule has 4 heteroatoms. The first kappa shape index (κ1) is 13.4. The number of amides is 1. The summed E-state index contributed by atoms with van der Waals surface area (Å²) in [5.41, 5.74) is 10.3. The molecule has 0 spiro atoms. The van der Waals surface area contributed by atoms with Crippen molar-refractivity contribution >= 4 is 23.1 Å². The minimum Gasteiger partial charge on any atom is -0.399 e. The van der Waals surface area contributed by atoms with Crippen molar-refractivity contribution in [3.05, 3.63) is 58.7 Å². The van der Waals surface area contributed by atoms with Gasteiger partial charge in [0.25, 0.3) is 0 Å². The molecule has 0 bridgehead atoms. The highest BCUT2D eigenvalue weighted by atomic mass is 16.2. The highest BCUT2D eigenvalue weighted by Gasteiger charge is 2.25. The fraction of sp³-hybridized carbons (Fsp3) is 0.176. The number of hydrogen-bond acceptors (Lipinski definition) is 3. The topological polar surface area (TPSA) is 63.4 Å². The SMILES string of the molecule is Cc1cc(C(=O)c2ccc3c(c2)CC(=O)N3C)ccc1N. The minimum atomic E-state index is -0.0529. The third-order valence-corrected chi connectivity index (χ3v) is 3.95. The van der Waals surface area contributed by atoms with E-state index in [1.165, 1.54) is 0 Å². The molecule has 0 fully saturated rings. The number of rotatable bonds is 2. The number of nitrogens with two attached hydrogens (primary N) is 1. The van der Waals surface area contributed by atoms with Crippen molar-refractivity contribution in [2.75, 3.05) is 17.7 Å². The van der Waals surface area contributed by atoms with E-state index in [9.17, 15) is 9.59 Å². The van der Waals surface area contributed by atoms with Gasteiger partial charge >= 0.3 is 0 Å². The van der Waals surface area contributed by atoms with Crippen LogP contribution >= 0.6 is 0 Å². The Bertz CT molecular complexity index is 765. The number of hydrogen-bond donors (Lipinski definition) is 1. The average Bonchev–Trinajstić information content (AvgIpc) is 2.76. The molecule has 1 aliphatic heterocycles. The van der Waals surface area contributed by atoms with Gasteiger partial charge in [0.1, 0.15) is 0 Å². The number of nitrogen functional groups attached to an aromatic ring is 1. The standard InChI is InChI=1S/C17H16N2O2/c1-10-7-11(3-5-14(10)18)17(21)12-4-6-15-13(8-12)9-16(20)19(15)2/h3-8H,9,18H2,1-2H3. The Morgan fingerprint density at radius 2 is 1.81 bits per heavy atom. The van der Waals surface area contributed by atoms with Crippen LogP contribution in [0.15, 0.2) is 36.4 Å². The number of fused-ring (bicyclic) bond motifs is 1. The molecule has 1 amide bonds. The maximum atomic E-state index is 12.5. The molecule has 0 atom stereocenters. The Hall–Kier alpha value is -2.62. The Kier molecular flexibility index (Phi) is 3.01. The molecule has 2 aromatic rings. The monoisotopic (exact) mass is 280 g/mol. The third-order valence-electron chi connectivity index (χ3n) is 3.95. The maximum absolute atomic E-state index is 12.5. The quantitative estimate of drug-likeness (QED) is 0.678. The zero-order chi connectivity index (χ0) is 15.1. The second kappa shape index (κ2) is 4.74. The van der Waals surface area contributed by atoms with Gasteiger partial charge < -0.3 is 10.6 Å². The van der Waals surface area contributed by atoms with E-state index in [1.807, 2.05) is 19.1 Å². The number of nitrogens with zero attached hydrogens (tertiary/aromatic N) is 1. The van der Waals surface area contributed by atoms with E-state index < -0.39 is 0 Å². The minimum absolute atomic E-state index is 0.0529. The third kappa shape index (κ3) is 2.18. The molecule has 0 aromatic heterocycles. The van der Waals surface area contributed by atoms with Crippen LogP contribution in [-0.4, -0.2) is 18.7 Å². The highest BCUT2D eigenvalue weighted by Crippen LogP contribution is 2.29. The Morgan fingerprint density at radius 1 is 1.14 bits per heavy atom. The first-order chi connectivity index (χ1) is 9.97. The zero-order valence-corrected chi connectivity index (χ0v) is 12.0. The van der Waals surface area contributed by atoms with Crippen LogP contribution in [0.2, 0.25) is 0 Å². The molecule has 1 heterocycles. The van der Waals surface area contributed by atoms with E-state index in [2.05, 4.69) is 0 Å². The molecule has 4 nitrogen and oxygen atoms in total. The molecule has 0 aliphatic carbocycles. The van der Waals surface area contributed by atoms with Gasteiger partial charge in [0.15, 0.2) is 5.78 Å². The molecular formula is C17H16N2O2. The molecule has 0 radical (unpaired) electrons. The summed E-state index contributed by atoms with van der Waals surface area (Å²) in [6, 6.07) is 10.7. The van der Waals surface area contributed by atoms with Gasteiger partial charge in [0.2, 0.25) is 5.91 Å². The summed E-state index contributed by atoms with van der Waals surface area (Å²) < 4.78 is 0. The lowest BCUT2D eigenvalue weighted by molar-refractivity contribution is -0.117. The number of benzene rings is 2. The fourth-order valence-corrected chi connectivity index (χ4v) is 2.60. The Balaban J connectivity index is 1.98. The highest BCUT2D eigenvalue weighted by molar-refractivity contribution is 6.10. The largest absolute Gasteiger partial charge is 0.399 e. The number of anilines is 2. The van der Waals surface area contributed by atoms with Crippen LogP contribution in [0.5, 0.6) is 0 Å². The summed E-state index contributed by atoms with van der Waals surface area (Å²) >= 11 is 0. The van der Waals surface area contributed by atoms with Crippen LogP contribution in [-0.2, 0) is 11.2 Å². The number of carbonyl (C=O) groups is 2. The first-order valence-electron chi connectivity index (χ1n) is 6.77. The van der Waals surface area contributed by atoms with Gasteiger partial charge in [0.05, 0.1) is 6.42 Å². The van der Waals surface area contributed by atoms with Gasteiger partial charge in [-0.3, -0.25) is 9.59 Å². The lowest BCUT2D eigenvalue weighted by Gasteiger charge is -2.10. The van der Waals surface area contributed by atoms with Gasteiger partial charge in [-0.2, -0.15) is 0 Å². The van der Waals surface area contributed by atoms with Gasteiger partial charge in [-0.25, -0.2) is 0 Å². The van der Waals surface area contributed by atoms with Gasteiger partial charge in [0, 0.05) is 29.5 Å². The van der Waals surface area contributed by atoms with Crippen LogP contribution in [0.3, 0.4) is 0 Å². The maximum Gasteiger partial charge on any atom is 0.231 e. The van der Waals surface area contributed by atoms with Crippen molar-refractivity contribution in [3.8, 4) is 0 Å². The molecule has 0 saturated carbocycles. The van der Waals surface area contributed by atoms with Gasteiger partial charge in [-0.05, 0) is 54.4 Å². The lowest BCUT2D eigenvalue weighted by atomic mass is 9.98. The summed E-state index contributed by atoms with van der Waals surface area (Å²) in [5.74, 6) is 0.000769. The summed E-state index contributed by atoms with van der Waals surface area (Å²) in [6.45, 7) is 1.88. The number of likely N-dealkylation sites (N-methyl/N-ethyl adjacent to an activating group) is 1. The number of aryl methyl sites for hydroxylation is 1. The smallest absolute Gasteiger partial charge is 0.231 e. The molecule has 1 aliphatic rings. The number of carbonyl (C=O) groups excluding carboxylic acids is 2. The Morgan fingerprint density at radius 3 is 2.52 bits per heavy atom. The van der Waals surface area contributed by atoms with Crippen LogP contribution in [0.1, 0.15) is 27.0 Å². The summed E-state index contributed by atoms with van der Waals surface area (Å²) in [7, 11) is 1.75. The normalized spacial score (nSPS) is 13.4. The van der Waals surface area contributed by atoms with Crippen molar-refractivity contribution in [2.45, 2.75) is 13.3 Å². The average molecular weight is 280 g/mol. The van der Waals surface area contributed by atoms with Gasteiger partial charge in [-0.1, -0.05) is 0 Å². The second-order valence-electron chi connectivity index (χ2n) is 5.37. The fourth-order valence-electron chi connectivity index (χ4n) is 2.60. The predicted molar refractivity (Wildman–Crippen MR) is 82.6 cm³/mol. The molecule has 3 rings (SSSR count). The van der Waals surface area contributed by atoms with E-state index in [4.69, 9.17) is 5.73 Å². The molecule has 2 N–H and O–H groups in total. The molecule has 0 unspecified atom stereocenters. The molecular weight excluding hydrogens is 264 g/mol. The van der Waals surface area contributed by atoms with Crippen molar-refractivity contribution in [1.29, 1.82) is 0 Å². The van der Waals surface area contributed by atoms with E-state index in [0.717, 1.165) is 16.8 Å². The van der Waals surface area contributed by atoms with Crippen LogP contribution < -0.4 is 10.6 Å². The van der Waals surface area contributed by atoms with E-state index >= 15 is 0 Å². The predicted octanol–water partition coefficient (Wildman–Crippen LogP) is 2.33. The molecule has 0 saturated heterocycles. The summed E-state index contributed by atoms with van der Waals surface area (Å²) in [4.78, 5) is 25.8. The van der Waals surface area contributed by atoms with Crippen LogP contribution in [0.25, 0.3) is 0 Å². The number of ketones is 1. The summed E-state index contributed by atoms with van der Waals surface area (Å²) in [5, 5.41) is 0. The van der Waals surface area contributed by atoms with Crippen molar-refractivity contribution in [3.63, 3.8) is 0 Å². The van der Waals surface area contributed by atoms with E-state index in [0.29, 0.717) is 23.2 Å². The van der Waals surface area contributed by atoms with Crippen molar-refractivity contribution < 1.29 is 9.59 Å². The Labute approximate surface area is 123 Å². The van der Waals surface area contributed by atoms with E-state index in [1.54, 1.807) is 36.2 Å². The van der Waals surface area contributed by atoms with E-state index in [-0.39, 0.29) is 11.7 Å². The second-order valence-corrected chi connectivity index (χ2v) is 5.37. The summed E-state index contributed by atoms with van der Waals surface area (Å²) in [6.07, 6.45) is 0.355. The van der Waals surface area contributed by atoms with Crippen molar-refractivity contribution in [2.24, 2.45) is 0 Å². The molecule has 106 valence electrons. The zero-order valence-electron chi connectivity index (χ0n) is 12.0. The van der Waals surface area contributed by atoms with Crippen LogP contribution in [0, 0.1) is 6.92 Å².